The van der Waals surface area contributed by atoms with Crippen LogP contribution in [0.2, 0.25) is 0 Å². The monoisotopic (exact) mass is 375 g/mol. The number of rotatable bonds is 12. The minimum Gasteiger partial charge on any atom is -0.477 e. The van der Waals surface area contributed by atoms with E-state index in [1.807, 2.05) is 19.3 Å². The highest BCUT2D eigenvalue weighted by Gasteiger charge is 2.22. The van der Waals surface area contributed by atoms with E-state index in [2.05, 4.69) is 52.3 Å². The number of nitrogens with one attached hydrogen (secondary N) is 2. The summed E-state index contributed by atoms with van der Waals surface area (Å²) in [5, 5.41) is 6.84. The summed E-state index contributed by atoms with van der Waals surface area (Å²) in [4.78, 5) is 11.2. The molecular formula is C21H37N5O. The Labute approximate surface area is 164 Å². The molecule has 0 spiro atoms. The Morgan fingerprint density at radius 2 is 2.11 bits per heavy atom. The molecule has 0 aliphatic heterocycles. The summed E-state index contributed by atoms with van der Waals surface area (Å²) in [6.45, 7) is 11.6. The first kappa shape index (κ1) is 21.5. The number of aromatic nitrogens is 1. The lowest BCUT2D eigenvalue weighted by molar-refractivity contribution is 0.288. The van der Waals surface area contributed by atoms with Crippen molar-refractivity contribution in [3.8, 4) is 5.88 Å². The smallest absolute Gasteiger partial charge is 0.213 e. The van der Waals surface area contributed by atoms with Crippen molar-refractivity contribution < 1.29 is 4.74 Å². The molecule has 1 unspecified atom stereocenters. The predicted octanol–water partition coefficient (Wildman–Crippen LogP) is 3.05. The van der Waals surface area contributed by atoms with E-state index in [9.17, 15) is 0 Å². The lowest BCUT2D eigenvalue weighted by Crippen LogP contribution is -2.42. The second kappa shape index (κ2) is 11.8. The van der Waals surface area contributed by atoms with Crippen LogP contribution in [-0.4, -0.2) is 55.2 Å². The van der Waals surface area contributed by atoms with Crippen LogP contribution in [0.3, 0.4) is 0 Å². The lowest BCUT2D eigenvalue weighted by atomic mass is 10.2. The molecule has 6 heteroatoms. The van der Waals surface area contributed by atoms with Crippen molar-refractivity contribution in [3.63, 3.8) is 0 Å². The number of guanidine groups is 1. The Morgan fingerprint density at radius 3 is 2.70 bits per heavy atom. The predicted molar refractivity (Wildman–Crippen MR) is 112 cm³/mol. The highest BCUT2D eigenvalue weighted by Crippen LogP contribution is 2.29. The fourth-order valence-electron chi connectivity index (χ4n) is 2.94. The summed E-state index contributed by atoms with van der Waals surface area (Å²) in [6.07, 6.45) is 6.78. The van der Waals surface area contributed by atoms with Crippen LogP contribution in [0.4, 0.5) is 0 Å². The van der Waals surface area contributed by atoms with Crippen LogP contribution in [0.1, 0.15) is 52.0 Å². The zero-order valence-electron chi connectivity index (χ0n) is 17.5. The minimum atomic E-state index is 0.392. The SMILES string of the molecule is CCN(CC)CCCC(C)NC(=NC)NCc1ccc(OCC2CC2)nc1. The van der Waals surface area contributed by atoms with Crippen molar-refractivity contribution in [2.24, 2.45) is 10.9 Å². The van der Waals surface area contributed by atoms with E-state index in [1.165, 1.54) is 19.3 Å². The molecule has 2 N–H and O–H groups in total. The molecule has 0 aromatic carbocycles. The molecule has 1 saturated carbocycles. The molecule has 1 aliphatic rings. The fraction of sp³-hybridized carbons (Fsp3) is 0.714. The molecule has 152 valence electrons. The largest absolute Gasteiger partial charge is 0.477 e. The van der Waals surface area contributed by atoms with E-state index in [-0.39, 0.29) is 0 Å². The second-order valence-corrected chi connectivity index (χ2v) is 7.40. The fourth-order valence-corrected chi connectivity index (χ4v) is 2.94. The third-order valence-electron chi connectivity index (χ3n) is 5.03. The standard InChI is InChI=1S/C21H37N5O/c1-5-26(6-2)13-7-8-17(3)25-21(22-4)24-15-19-11-12-20(23-14-19)27-16-18-9-10-18/h11-12,14,17-18H,5-10,13,15-16H2,1-4H3,(H2,22,24,25). The lowest BCUT2D eigenvalue weighted by Gasteiger charge is -2.21. The first-order chi connectivity index (χ1) is 13.1. The van der Waals surface area contributed by atoms with Gasteiger partial charge in [-0.1, -0.05) is 19.9 Å². The molecule has 0 amide bonds. The van der Waals surface area contributed by atoms with E-state index in [1.54, 1.807) is 0 Å². The third-order valence-corrected chi connectivity index (χ3v) is 5.03. The summed E-state index contributed by atoms with van der Waals surface area (Å²) in [7, 11) is 1.81. The molecule has 1 fully saturated rings. The quantitative estimate of drug-likeness (QED) is 0.434. The van der Waals surface area contributed by atoms with Crippen molar-refractivity contribution in [2.75, 3.05) is 33.3 Å². The van der Waals surface area contributed by atoms with E-state index in [4.69, 9.17) is 4.74 Å². The van der Waals surface area contributed by atoms with Crippen LogP contribution < -0.4 is 15.4 Å². The van der Waals surface area contributed by atoms with Crippen molar-refractivity contribution in [1.82, 2.24) is 20.5 Å². The first-order valence-corrected chi connectivity index (χ1v) is 10.4. The molecule has 0 radical (unpaired) electrons. The van der Waals surface area contributed by atoms with Gasteiger partial charge >= 0.3 is 0 Å². The van der Waals surface area contributed by atoms with Gasteiger partial charge in [0.05, 0.1) is 6.61 Å². The normalized spacial score (nSPS) is 15.7. The van der Waals surface area contributed by atoms with Crippen molar-refractivity contribution in [3.05, 3.63) is 23.9 Å². The van der Waals surface area contributed by atoms with Crippen molar-refractivity contribution in [2.45, 2.75) is 59.0 Å². The van der Waals surface area contributed by atoms with Gasteiger partial charge in [-0.2, -0.15) is 0 Å². The molecular weight excluding hydrogens is 338 g/mol. The Hall–Kier alpha value is -1.82. The van der Waals surface area contributed by atoms with Gasteiger partial charge in [-0.25, -0.2) is 4.98 Å². The van der Waals surface area contributed by atoms with Gasteiger partial charge in [0.25, 0.3) is 0 Å². The molecule has 2 rings (SSSR count). The number of hydrogen-bond donors (Lipinski definition) is 2. The topological polar surface area (TPSA) is 61.8 Å². The number of nitrogens with zero attached hydrogens (tertiary/aromatic N) is 3. The van der Waals surface area contributed by atoms with Crippen LogP contribution in [0.5, 0.6) is 5.88 Å². The van der Waals surface area contributed by atoms with E-state index in [0.717, 1.165) is 56.0 Å². The Bertz CT molecular complexity index is 552. The summed E-state index contributed by atoms with van der Waals surface area (Å²) < 4.78 is 5.68. The van der Waals surface area contributed by atoms with Gasteiger partial charge in [0.15, 0.2) is 5.96 Å². The molecule has 6 nitrogen and oxygen atoms in total. The summed E-state index contributed by atoms with van der Waals surface area (Å²) in [5.74, 6) is 2.30. The summed E-state index contributed by atoms with van der Waals surface area (Å²) >= 11 is 0. The van der Waals surface area contributed by atoms with Crippen LogP contribution in [-0.2, 0) is 6.54 Å². The van der Waals surface area contributed by atoms with Crippen molar-refractivity contribution >= 4 is 5.96 Å². The van der Waals surface area contributed by atoms with Crippen LogP contribution in [0.15, 0.2) is 23.3 Å². The molecule has 0 bridgehead atoms. The third kappa shape index (κ3) is 8.61. The highest BCUT2D eigenvalue weighted by atomic mass is 16.5. The van der Waals surface area contributed by atoms with E-state index in [0.29, 0.717) is 12.6 Å². The Kier molecular flexibility index (Phi) is 9.39. The Morgan fingerprint density at radius 1 is 1.33 bits per heavy atom. The highest BCUT2D eigenvalue weighted by molar-refractivity contribution is 5.79. The maximum Gasteiger partial charge on any atom is 0.213 e. The number of hydrogen-bond acceptors (Lipinski definition) is 4. The summed E-state index contributed by atoms with van der Waals surface area (Å²) in [5.41, 5.74) is 1.12. The number of aliphatic imine (C=N–C) groups is 1. The maximum atomic E-state index is 5.68. The minimum absolute atomic E-state index is 0.392. The van der Waals surface area contributed by atoms with Crippen molar-refractivity contribution in [1.29, 1.82) is 0 Å². The molecule has 1 atom stereocenters. The van der Waals surface area contributed by atoms with Gasteiger partial charge in [0.2, 0.25) is 5.88 Å². The van der Waals surface area contributed by atoms with Gasteiger partial charge in [0, 0.05) is 31.9 Å². The average Bonchev–Trinajstić information content (AvgIpc) is 3.52. The Balaban J connectivity index is 1.66. The number of ether oxygens (including phenoxy) is 1. The van der Waals surface area contributed by atoms with Crippen LogP contribution in [0.25, 0.3) is 0 Å². The molecule has 1 aliphatic carbocycles. The van der Waals surface area contributed by atoms with E-state index < -0.39 is 0 Å². The molecule has 1 heterocycles. The van der Waals surface area contributed by atoms with Gasteiger partial charge in [-0.15, -0.1) is 0 Å². The van der Waals surface area contributed by atoms with E-state index >= 15 is 0 Å². The number of pyridine rings is 1. The maximum absolute atomic E-state index is 5.68. The molecule has 1 aromatic heterocycles. The zero-order chi connectivity index (χ0) is 19.5. The zero-order valence-corrected chi connectivity index (χ0v) is 17.5. The van der Waals surface area contributed by atoms with Gasteiger partial charge in [-0.05, 0) is 63.7 Å². The van der Waals surface area contributed by atoms with Crippen LogP contribution in [0, 0.1) is 5.92 Å². The molecule has 1 aromatic rings. The first-order valence-electron chi connectivity index (χ1n) is 10.4. The van der Waals surface area contributed by atoms with Crippen LogP contribution >= 0.6 is 0 Å². The second-order valence-electron chi connectivity index (χ2n) is 7.40. The van der Waals surface area contributed by atoms with Gasteiger partial charge < -0.3 is 20.3 Å². The molecule has 0 saturated heterocycles. The average molecular weight is 376 g/mol. The molecule has 27 heavy (non-hydrogen) atoms. The van der Waals surface area contributed by atoms with Gasteiger partial charge in [-0.3, -0.25) is 4.99 Å². The van der Waals surface area contributed by atoms with Gasteiger partial charge in [0.1, 0.15) is 0 Å². The summed E-state index contributed by atoms with van der Waals surface area (Å²) in [6, 6.07) is 4.40.